The van der Waals surface area contributed by atoms with Gasteiger partial charge < -0.3 is 9.47 Å². The highest BCUT2D eigenvalue weighted by Crippen LogP contribution is 2.38. The molecule has 2 amide bonds. The molecule has 37 heavy (non-hydrogen) atoms. The first kappa shape index (κ1) is 27.5. The Bertz CT molecular complexity index is 1400. The molecule has 0 saturated carbocycles. The number of benzene rings is 3. The van der Waals surface area contributed by atoms with Crippen molar-refractivity contribution in [3.8, 4) is 11.5 Å². The molecule has 10 heteroatoms. The number of imide groups is 1. The second-order valence-electron chi connectivity index (χ2n) is 7.84. The number of ketones is 1. The summed E-state index contributed by atoms with van der Waals surface area (Å²) < 4.78 is 12.6. The number of hydrogen-bond donors (Lipinski definition) is 0. The fourth-order valence-electron chi connectivity index (χ4n) is 3.51. The standard InChI is InChI=1S/C27H20Cl2INO5S/c1-2-35-23-11-16(10-21(30)25(23)36-15-18-8-9-19(28)13-20(18)29)12-24-26(33)31(27(34)37-24)14-22(32)17-6-4-3-5-7-17/h3-13H,2,14-15H2,1H3/b24-12+. The van der Waals surface area contributed by atoms with E-state index in [0.29, 0.717) is 39.3 Å². The third-order valence-electron chi connectivity index (χ3n) is 5.29. The molecule has 1 aliphatic heterocycles. The first-order valence-electron chi connectivity index (χ1n) is 11.1. The van der Waals surface area contributed by atoms with Crippen molar-refractivity contribution in [2.45, 2.75) is 13.5 Å². The lowest BCUT2D eigenvalue weighted by molar-refractivity contribution is -0.122. The number of amides is 2. The normalized spacial score (nSPS) is 14.4. The van der Waals surface area contributed by atoms with Gasteiger partial charge in [-0.25, -0.2) is 0 Å². The van der Waals surface area contributed by atoms with Crippen LogP contribution >= 0.6 is 57.6 Å². The number of carbonyl (C=O) groups excluding carboxylic acids is 3. The van der Waals surface area contributed by atoms with E-state index in [2.05, 4.69) is 22.6 Å². The van der Waals surface area contributed by atoms with E-state index in [9.17, 15) is 14.4 Å². The van der Waals surface area contributed by atoms with Crippen LogP contribution in [0.2, 0.25) is 10.0 Å². The molecule has 3 aromatic carbocycles. The Morgan fingerprint density at radius 2 is 1.81 bits per heavy atom. The second kappa shape index (κ2) is 12.3. The fraction of sp³-hybridized carbons (Fsp3) is 0.148. The lowest BCUT2D eigenvalue weighted by Gasteiger charge is -2.15. The molecule has 1 saturated heterocycles. The summed E-state index contributed by atoms with van der Waals surface area (Å²) in [5, 5.41) is 0.551. The van der Waals surface area contributed by atoms with Crippen molar-refractivity contribution in [2.75, 3.05) is 13.2 Å². The Kier molecular flexibility index (Phi) is 9.17. The van der Waals surface area contributed by atoms with Crippen LogP contribution < -0.4 is 9.47 Å². The van der Waals surface area contributed by atoms with E-state index in [4.69, 9.17) is 32.7 Å². The Morgan fingerprint density at radius 3 is 2.51 bits per heavy atom. The third kappa shape index (κ3) is 6.67. The highest BCUT2D eigenvalue weighted by atomic mass is 127. The Balaban J connectivity index is 1.54. The largest absolute Gasteiger partial charge is 0.490 e. The number of carbonyl (C=O) groups is 3. The van der Waals surface area contributed by atoms with Crippen LogP contribution in [0.1, 0.15) is 28.4 Å². The van der Waals surface area contributed by atoms with E-state index < -0.39 is 11.1 Å². The highest BCUT2D eigenvalue weighted by molar-refractivity contribution is 14.1. The van der Waals surface area contributed by atoms with Crippen LogP contribution in [0.15, 0.2) is 65.6 Å². The van der Waals surface area contributed by atoms with Crippen molar-refractivity contribution in [3.05, 3.63) is 95.9 Å². The first-order chi connectivity index (χ1) is 17.8. The number of thioether (sulfide) groups is 1. The van der Waals surface area contributed by atoms with Gasteiger partial charge >= 0.3 is 0 Å². The van der Waals surface area contributed by atoms with Gasteiger partial charge in [-0.2, -0.15) is 0 Å². The number of nitrogens with zero attached hydrogens (tertiary/aromatic N) is 1. The van der Waals surface area contributed by atoms with Crippen LogP contribution in [0.5, 0.6) is 11.5 Å². The van der Waals surface area contributed by atoms with Crippen LogP contribution in [0.3, 0.4) is 0 Å². The van der Waals surface area contributed by atoms with Crippen LogP contribution in [-0.2, 0) is 11.4 Å². The summed E-state index contributed by atoms with van der Waals surface area (Å²) in [6.45, 7) is 2.15. The van der Waals surface area contributed by atoms with E-state index in [1.165, 1.54) is 0 Å². The quantitative estimate of drug-likeness (QED) is 0.134. The molecule has 0 atom stereocenters. The van der Waals surface area contributed by atoms with Gasteiger partial charge in [0.25, 0.3) is 11.1 Å². The molecule has 190 valence electrons. The highest BCUT2D eigenvalue weighted by Gasteiger charge is 2.36. The molecule has 4 rings (SSSR count). The van der Waals surface area contributed by atoms with E-state index in [1.807, 2.05) is 13.0 Å². The van der Waals surface area contributed by atoms with Crippen molar-refractivity contribution in [2.24, 2.45) is 0 Å². The zero-order valence-corrected chi connectivity index (χ0v) is 24.0. The number of Topliss-reactive ketones (excluding diaryl/α,β-unsaturated/α-hetero) is 1. The minimum absolute atomic E-state index is 0.208. The van der Waals surface area contributed by atoms with Crippen molar-refractivity contribution < 1.29 is 23.9 Å². The lowest BCUT2D eigenvalue weighted by atomic mass is 10.1. The van der Waals surface area contributed by atoms with Crippen molar-refractivity contribution >= 4 is 80.6 Å². The van der Waals surface area contributed by atoms with Gasteiger partial charge in [-0.3, -0.25) is 19.3 Å². The molecule has 0 unspecified atom stereocenters. The third-order valence-corrected chi connectivity index (χ3v) is 7.58. The van der Waals surface area contributed by atoms with Gasteiger partial charge in [0.2, 0.25) is 0 Å². The number of rotatable bonds is 9. The number of ether oxygens (including phenoxy) is 2. The SMILES string of the molecule is CCOc1cc(/C=C2/SC(=O)N(CC(=O)c3ccccc3)C2=O)cc(I)c1OCc1ccc(Cl)cc1Cl. The molecule has 6 nitrogen and oxygen atoms in total. The fourth-order valence-corrected chi connectivity index (χ4v) is 5.59. The molecule has 0 aliphatic carbocycles. The molecule has 0 radical (unpaired) electrons. The molecule has 3 aromatic rings. The van der Waals surface area contributed by atoms with Gasteiger partial charge in [0.15, 0.2) is 17.3 Å². The van der Waals surface area contributed by atoms with Crippen LogP contribution in [0, 0.1) is 3.57 Å². The molecule has 1 fully saturated rings. The maximum atomic E-state index is 12.9. The molecule has 1 aliphatic rings. The summed E-state index contributed by atoms with van der Waals surface area (Å²) in [4.78, 5) is 39.2. The maximum Gasteiger partial charge on any atom is 0.293 e. The van der Waals surface area contributed by atoms with Crippen molar-refractivity contribution in [1.82, 2.24) is 4.90 Å². The summed E-state index contributed by atoms with van der Waals surface area (Å²) in [7, 11) is 0. The minimum atomic E-state index is -0.509. The van der Waals surface area contributed by atoms with Gasteiger partial charge in [-0.15, -0.1) is 0 Å². The van der Waals surface area contributed by atoms with Crippen LogP contribution in [0.4, 0.5) is 4.79 Å². The average molecular weight is 668 g/mol. The lowest BCUT2D eigenvalue weighted by Crippen LogP contribution is -2.33. The topological polar surface area (TPSA) is 72.9 Å². The van der Waals surface area contributed by atoms with Crippen molar-refractivity contribution in [1.29, 1.82) is 0 Å². The van der Waals surface area contributed by atoms with Gasteiger partial charge in [0.05, 0.1) is 21.6 Å². The first-order valence-corrected chi connectivity index (χ1v) is 13.8. The molecule has 0 bridgehead atoms. The van der Waals surface area contributed by atoms with E-state index >= 15 is 0 Å². The predicted octanol–water partition coefficient (Wildman–Crippen LogP) is 7.49. The van der Waals surface area contributed by atoms with Gasteiger partial charge in [0.1, 0.15) is 6.61 Å². The maximum absolute atomic E-state index is 12.9. The Morgan fingerprint density at radius 1 is 1.05 bits per heavy atom. The van der Waals surface area contributed by atoms with Crippen LogP contribution in [0.25, 0.3) is 6.08 Å². The zero-order chi connectivity index (χ0) is 26.5. The zero-order valence-electron chi connectivity index (χ0n) is 19.5. The Labute approximate surface area is 242 Å². The van der Waals surface area contributed by atoms with Gasteiger partial charge in [0, 0.05) is 21.2 Å². The monoisotopic (exact) mass is 667 g/mol. The van der Waals surface area contributed by atoms with Crippen LogP contribution in [-0.4, -0.2) is 35.0 Å². The summed E-state index contributed by atoms with van der Waals surface area (Å²) >= 11 is 15.2. The molecule has 0 N–H and O–H groups in total. The molecular formula is C27H20Cl2INO5S. The summed E-state index contributed by atoms with van der Waals surface area (Å²) in [5.74, 6) is 0.209. The van der Waals surface area contributed by atoms with Gasteiger partial charge in [-0.05, 0) is 77.2 Å². The summed E-state index contributed by atoms with van der Waals surface area (Å²) in [6.07, 6.45) is 1.61. The molecule has 0 spiro atoms. The minimum Gasteiger partial charge on any atom is -0.490 e. The predicted molar refractivity (Wildman–Crippen MR) is 155 cm³/mol. The van der Waals surface area contributed by atoms with E-state index in [0.717, 1.165) is 25.8 Å². The number of halogens is 3. The van der Waals surface area contributed by atoms with E-state index in [-0.39, 0.29) is 23.8 Å². The van der Waals surface area contributed by atoms with Gasteiger partial charge in [-0.1, -0.05) is 59.6 Å². The summed E-state index contributed by atoms with van der Waals surface area (Å²) in [6, 6.07) is 17.3. The summed E-state index contributed by atoms with van der Waals surface area (Å²) in [5.41, 5.74) is 1.87. The van der Waals surface area contributed by atoms with E-state index in [1.54, 1.807) is 60.7 Å². The molecule has 1 heterocycles. The molecular weight excluding hydrogens is 648 g/mol. The Hall–Kier alpha value is -2.53. The average Bonchev–Trinajstić information content (AvgIpc) is 3.12. The number of hydrogen-bond acceptors (Lipinski definition) is 6. The van der Waals surface area contributed by atoms with Crippen molar-refractivity contribution in [3.63, 3.8) is 0 Å². The smallest absolute Gasteiger partial charge is 0.293 e. The second-order valence-corrected chi connectivity index (χ2v) is 10.8. The molecule has 0 aromatic heterocycles.